The van der Waals surface area contributed by atoms with Crippen LogP contribution in [-0.2, 0) is 11.3 Å². The van der Waals surface area contributed by atoms with Crippen molar-refractivity contribution in [2.45, 2.75) is 6.54 Å². The molecule has 0 spiro atoms. The molecule has 0 saturated carbocycles. The number of nitrogens with one attached hydrogen (secondary N) is 2. The molecule has 1 unspecified atom stereocenters. The van der Waals surface area contributed by atoms with Gasteiger partial charge in [0.25, 0.3) is 11.6 Å². The molecule has 0 aliphatic rings. The molecule has 0 aliphatic heterocycles. The number of nitro benzene ring substituents is 1. The Morgan fingerprint density at radius 2 is 1.96 bits per heavy atom. The number of likely N-dealkylation sites (N-methyl/N-ethyl adjacent to an activating group) is 1. The third kappa shape index (κ3) is 4.79. The van der Waals surface area contributed by atoms with Crippen molar-refractivity contribution in [2.75, 3.05) is 26.0 Å². The van der Waals surface area contributed by atoms with Gasteiger partial charge in [-0.15, -0.1) is 0 Å². The molecular formula is C17H20N3O4+. The van der Waals surface area contributed by atoms with Gasteiger partial charge in [-0.1, -0.05) is 30.3 Å². The monoisotopic (exact) mass is 330 g/mol. The number of quaternary nitrogens is 1. The average Bonchev–Trinajstić information content (AvgIpc) is 2.55. The lowest BCUT2D eigenvalue weighted by atomic mass is 10.2. The first-order valence-electron chi connectivity index (χ1n) is 7.47. The normalized spacial score (nSPS) is 11.6. The standard InChI is InChI=1S/C17H19N3O4/c1-19(11-13-6-4-3-5-7-13)12-17(21)18-15-9-8-14(24-2)10-16(15)20(22)23/h3-10H,11-12H2,1-2H3,(H,18,21)/p+1. The lowest BCUT2D eigenvalue weighted by molar-refractivity contribution is -0.885. The van der Waals surface area contributed by atoms with E-state index >= 15 is 0 Å². The smallest absolute Gasteiger partial charge is 0.296 e. The molecule has 7 heteroatoms. The van der Waals surface area contributed by atoms with E-state index in [1.54, 1.807) is 6.07 Å². The number of methoxy groups -OCH3 is 1. The minimum Gasteiger partial charge on any atom is -0.496 e. The fraction of sp³-hybridized carbons (Fsp3) is 0.235. The summed E-state index contributed by atoms with van der Waals surface area (Å²) in [5.74, 6) is 0.0863. The van der Waals surface area contributed by atoms with E-state index in [0.717, 1.165) is 10.5 Å². The summed E-state index contributed by atoms with van der Waals surface area (Å²) in [7, 11) is 3.33. The number of ether oxygens (including phenoxy) is 1. The highest BCUT2D eigenvalue weighted by Gasteiger charge is 2.19. The molecular weight excluding hydrogens is 310 g/mol. The van der Waals surface area contributed by atoms with Crippen molar-refractivity contribution < 1.29 is 19.4 Å². The first-order chi connectivity index (χ1) is 11.5. The minimum atomic E-state index is -0.543. The predicted octanol–water partition coefficient (Wildman–Crippen LogP) is 1.26. The summed E-state index contributed by atoms with van der Waals surface area (Å²) in [6.45, 7) is 0.900. The van der Waals surface area contributed by atoms with Crippen LogP contribution in [-0.4, -0.2) is 31.5 Å². The van der Waals surface area contributed by atoms with Crippen molar-refractivity contribution in [3.8, 4) is 5.75 Å². The summed E-state index contributed by atoms with van der Waals surface area (Å²) in [6, 6.07) is 14.2. The predicted molar refractivity (Wildman–Crippen MR) is 90.2 cm³/mol. The zero-order valence-electron chi connectivity index (χ0n) is 13.6. The van der Waals surface area contributed by atoms with Gasteiger partial charge < -0.3 is 15.0 Å². The molecule has 2 aromatic rings. The van der Waals surface area contributed by atoms with Gasteiger partial charge in [0.05, 0.1) is 25.1 Å². The van der Waals surface area contributed by atoms with Gasteiger partial charge in [-0.05, 0) is 12.1 Å². The van der Waals surface area contributed by atoms with Crippen molar-refractivity contribution >= 4 is 17.3 Å². The molecule has 0 bridgehead atoms. The van der Waals surface area contributed by atoms with Gasteiger partial charge in [0.2, 0.25) is 0 Å². The first kappa shape index (κ1) is 17.4. The van der Waals surface area contributed by atoms with Gasteiger partial charge >= 0.3 is 0 Å². The van der Waals surface area contributed by atoms with Crippen LogP contribution in [0.5, 0.6) is 5.75 Å². The SMILES string of the molecule is COc1ccc(NC(=O)C[NH+](C)Cc2ccccc2)c([N+](=O)[O-])c1. The topological polar surface area (TPSA) is 85.9 Å². The fourth-order valence-corrected chi connectivity index (χ4v) is 2.37. The lowest BCUT2D eigenvalue weighted by Crippen LogP contribution is -3.08. The van der Waals surface area contributed by atoms with E-state index in [0.29, 0.717) is 12.3 Å². The molecule has 0 fully saturated rings. The van der Waals surface area contributed by atoms with Crippen molar-refractivity contribution in [1.29, 1.82) is 0 Å². The third-order valence-corrected chi connectivity index (χ3v) is 3.49. The number of anilines is 1. The molecule has 1 atom stereocenters. The van der Waals surface area contributed by atoms with Gasteiger partial charge in [-0.2, -0.15) is 0 Å². The number of rotatable bonds is 7. The van der Waals surface area contributed by atoms with Gasteiger partial charge in [-0.3, -0.25) is 14.9 Å². The summed E-state index contributed by atoms with van der Waals surface area (Å²) in [5, 5.41) is 13.7. The van der Waals surface area contributed by atoms with E-state index in [1.807, 2.05) is 37.4 Å². The maximum absolute atomic E-state index is 12.2. The Bertz CT molecular complexity index is 719. The molecule has 7 nitrogen and oxygen atoms in total. The summed E-state index contributed by atoms with van der Waals surface area (Å²) >= 11 is 0. The van der Waals surface area contributed by atoms with Crippen LogP contribution in [0.4, 0.5) is 11.4 Å². The highest BCUT2D eigenvalue weighted by molar-refractivity contribution is 5.93. The van der Waals surface area contributed by atoms with E-state index in [4.69, 9.17) is 4.74 Å². The van der Waals surface area contributed by atoms with Crippen LogP contribution in [0.15, 0.2) is 48.5 Å². The number of hydrogen-bond acceptors (Lipinski definition) is 4. The number of amides is 1. The minimum absolute atomic E-state index is 0.165. The van der Waals surface area contributed by atoms with E-state index < -0.39 is 4.92 Å². The molecule has 1 amide bonds. The third-order valence-electron chi connectivity index (χ3n) is 3.49. The zero-order valence-corrected chi connectivity index (χ0v) is 13.6. The van der Waals surface area contributed by atoms with Crippen LogP contribution in [0.2, 0.25) is 0 Å². The maximum Gasteiger partial charge on any atom is 0.296 e. The second-order valence-corrected chi connectivity index (χ2v) is 5.48. The second kappa shape index (κ2) is 8.07. The Hall–Kier alpha value is -2.93. The number of benzene rings is 2. The van der Waals surface area contributed by atoms with Gasteiger partial charge in [0.1, 0.15) is 18.0 Å². The van der Waals surface area contributed by atoms with Gasteiger partial charge in [0, 0.05) is 5.56 Å². The molecule has 24 heavy (non-hydrogen) atoms. The van der Waals surface area contributed by atoms with Gasteiger partial charge in [0.15, 0.2) is 6.54 Å². The van der Waals surface area contributed by atoms with E-state index in [9.17, 15) is 14.9 Å². The lowest BCUT2D eigenvalue weighted by Gasteiger charge is -2.14. The first-order valence-corrected chi connectivity index (χ1v) is 7.47. The summed E-state index contributed by atoms with van der Waals surface area (Å²) in [5.41, 5.74) is 1.10. The molecule has 0 radical (unpaired) electrons. The number of nitrogens with zero attached hydrogens (tertiary/aromatic N) is 1. The molecule has 2 rings (SSSR count). The number of nitro groups is 1. The van der Waals surface area contributed by atoms with Crippen LogP contribution < -0.4 is 15.0 Å². The summed E-state index contributed by atoms with van der Waals surface area (Å²) in [6.07, 6.45) is 0. The Kier molecular flexibility index (Phi) is 5.86. The molecule has 0 saturated heterocycles. The maximum atomic E-state index is 12.2. The molecule has 2 aromatic carbocycles. The van der Waals surface area contributed by atoms with Crippen LogP contribution in [0.3, 0.4) is 0 Å². The Morgan fingerprint density at radius 1 is 1.25 bits per heavy atom. The van der Waals surface area contributed by atoms with Gasteiger partial charge in [-0.25, -0.2) is 0 Å². The van der Waals surface area contributed by atoms with Crippen LogP contribution in [0, 0.1) is 10.1 Å². The largest absolute Gasteiger partial charge is 0.496 e. The van der Waals surface area contributed by atoms with Crippen LogP contribution in [0.1, 0.15) is 5.56 Å². The number of carbonyl (C=O) groups excluding carboxylic acids is 1. The average molecular weight is 330 g/mol. The second-order valence-electron chi connectivity index (χ2n) is 5.48. The van der Waals surface area contributed by atoms with E-state index in [1.165, 1.54) is 19.2 Å². The number of hydrogen-bond donors (Lipinski definition) is 2. The fourth-order valence-electron chi connectivity index (χ4n) is 2.37. The quantitative estimate of drug-likeness (QED) is 0.591. The van der Waals surface area contributed by atoms with E-state index in [2.05, 4.69) is 5.32 Å². The van der Waals surface area contributed by atoms with Crippen LogP contribution in [0.25, 0.3) is 0 Å². The van der Waals surface area contributed by atoms with Crippen molar-refractivity contribution in [3.63, 3.8) is 0 Å². The highest BCUT2D eigenvalue weighted by Crippen LogP contribution is 2.28. The Labute approximate surface area is 140 Å². The molecule has 126 valence electrons. The summed E-state index contributed by atoms with van der Waals surface area (Å²) < 4.78 is 4.97. The van der Waals surface area contributed by atoms with Crippen molar-refractivity contribution in [2.24, 2.45) is 0 Å². The number of carbonyl (C=O) groups is 1. The van der Waals surface area contributed by atoms with Crippen LogP contribution >= 0.6 is 0 Å². The van der Waals surface area contributed by atoms with Crippen molar-refractivity contribution in [3.05, 3.63) is 64.2 Å². The Morgan fingerprint density at radius 3 is 2.58 bits per heavy atom. The Balaban J connectivity index is 2.00. The summed E-state index contributed by atoms with van der Waals surface area (Å²) in [4.78, 5) is 23.7. The molecule has 2 N–H and O–H groups in total. The molecule has 0 aromatic heterocycles. The van der Waals surface area contributed by atoms with Crippen molar-refractivity contribution in [1.82, 2.24) is 0 Å². The van der Waals surface area contributed by atoms with E-state index in [-0.39, 0.29) is 23.8 Å². The highest BCUT2D eigenvalue weighted by atomic mass is 16.6. The molecule has 0 heterocycles. The zero-order chi connectivity index (χ0) is 17.5. The molecule has 0 aliphatic carbocycles.